The van der Waals surface area contributed by atoms with Gasteiger partial charge in [-0.2, -0.15) is 0 Å². The monoisotopic (exact) mass is 478 g/mol. The smallest absolute Gasteiger partial charge is 0.202 e. The number of β-amino-alcohol motifs (C(OH)–C–C–N with tert-alkyl or cyclic N) is 1. The van der Waals surface area contributed by atoms with Gasteiger partial charge in [-0.05, 0) is 73.8 Å². The molecular weight excluding hydrogens is 436 g/mol. The lowest BCUT2D eigenvalue weighted by molar-refractivity contribution is 0.0439. The van der Waals surface area contributed by atoms with Gasteiger partial charge in [-0.1, -0.05) is 32.1 Å². The summed E-state index contributed by atoms with van der Waals surface area (Å²) in [5.41, 5.74) is 6.09. The Bertz CT molecular complexity index is 1070. The summed E-state index contributed by atoms with van der Waals surface area (Å²) >= 11 is 0. The summed E-state index contributed by atoms with van der Waals surface area (Å²) in [6, 6.07) is 6.73. The third-order valence-corrected chi connectivity index (χ3v) is 8.03. The van der Waals surface area contributed by atoms with E-state index < -0.39 is 0 Å². The fourth-order valence-electron chi connectivity index (χ4n) is 5.40. The number of carbonyl (C=O) groups excluding carboxylic acids is 1. The molecule has 1 aliphatic heterocycles. The molecule has 2 N–H and O–H groups in total. The van der Waals surface area contributed by atoms with Gasteiger partial charge in [-0.15, -0.1) is 0 Å². The molecule has 0 unspecified atom stereocenters. The van der Waals surface area contributed by atoms with Crippen LogP contribution < -0.4 is 0 Å². The molecule has 0 atom stereocenters. The highest BCUT2D eigenvalue weighted by Crippen LogP contribution is 2.40. The van der Waals surface area contributed by atoms with Crippen LogP contribution >= 0.6 is 0 Å². The number of aliphatic hydroxyl groups excluding tert-OH is 1. The summed E-state index contributed by atoms with van der Waals surface area (Å²) in [6.07, 6.45) is 7.72. The molecule has 0 spiro atoms. The maximum absolute atomic E-state index is 13.0. The van der Waals surface area contributed by atoms with Gasteiger partial charge in [0.1, 0.15) is 0 Å². The Hall–Kier alpha value is -2.28. The first kappa shape index (κ1) is 25.8. The molecule has 0 radical (unpaired) electrons. The van der Waals surface area contributed by atoms with E-state index in [1.807, 2.05) is 6.92 Å². The SMILES string of the molecule is Cc1cnc(C(=O)Cc2ccc(C(C)(C)N3CCN(CCO)CC3)cc2C2=CCC(C)(C)CC2)[nH]1. The standard InChI is InChI=1S/C29H42N4O2/c1-21-20-30-27(31-21)26(35)18-23-6-7-24(19-25(23)22-8-10-28(2,3)11-9-22)29(4,5)33-14-12-32(13-15-33)16-17-34/h6-8,19-20,34H,9-18H2,1-5H3,(H,30,31). The van der Waals surface area contributed by atoms with Crippen molar-refractivity contribution in [2.24, 2.45) is 5.41 Å². The summed E-state index contributed by atoms with van der Waals surface area (Å²) < 4.78 is 0. The first-order valence-corrected chi connectivity index (χ1v) is 13.0. The number of piperazine rings is 1. The van der Waals surface area contributed by atoms with Crippen molar-refractivity contribution in [2.75, 3.05) is 39.3 Å². The number of H-pyrrole nitrogens is 1. The second-order valence-electron chi connectivity index (χ2n) is 11.6. The summed E-state index contributed by atoms with van der Waals surface area (Å²) in [6.45, 7) is 16.1. The molecule has 1 saturated heterocycles. The average Bonchev–Trinajstić information content (AvgIpc) is 3.26. The highest BCUT2D eigenvalue weighted by molar-refractivity contribution is 5.95. The lowest BCUT2D eigenvalue weighted by atomic mass is 9.75. The van der Waals surface area contributed by atoms with Crippen LogP contribution in [0.2, 0.25) is 0 Å². The van der Waals surface area contributed by atoms with E-state index >= 15 is 0 Å². The van der Waals surface area contributed by atoms with E-state index in [-0.39, 0.29) is 17.9 Å². The van der Waals surface area contributed by atoms with Crippen molar-refractivity contribution in [1.82, 2.24) is 19.8 Å². The number of ketones is 1. The van der Waals surface area contributed by atoms with Crippen LogP contribution in [-0.2, 0) is 12.0 Å². The van der Waals surface area contributed by atoms with Crippen LogP contribution in [0.1, 0.15) is 80.0 Å². The summed E-state index contributed by atoms with van der Waals surface area (Å²) in [5, 5.41) is 9.28. The number of nitrogens with one attached hydrogen (secondary N) is 1. The van der Waals surface area contributed by atoms with Gasteiger partial charge in [0.05, 0.1) is 6.61 Å². The lowest BCUT2D eigenvalue weighted by Crippen LogP contribution is -2.53. The molecule has 4 rings (SSSR count). The van der Waals surface area contributed by atoms with Crippen molar-refractivity contribution in [1.29, 1.82) is 0 Å². The second-order valence-corrected chi connectivity index (χ2v) is 11.6. The highest BCUT2D eigenvalue weighted by atomic mass is 16.3. The molecule has 2 heterocycles. The molecule has 0 bridgehead atoms. The van der Waals surface area contributed by atoms with Crippen LogP contribution in [0.5, 0.6) is 0 Å². The van der Waals surface area contributed by atoms with Crippen LogP contribution in [0.25, 0.3) is 5.57 Å². The number of carbonyl (C=O) groups is 1. The number of aliphatic hydroxyl groups is 1. The van der Waals surface area contributed by atoms with E-state index in [1.165, 1.54) is 16.7 Å². The molecule has 1 fully saturated rings. The molecule has 190 valence electrons. The van der Waals surface area contributed by atoms with Gasteiger partial charge in [0.15, 0.2) is 5.82 Å². The van der Waals surface area contributed by atoms with E-state index in [1.54, 1.807) is 6.20 Å². The maximum Gasteiger partial charge on any atom is 0.202 e. The van der Waals surface area contributed by atoms with Gasteiger partial charge in [-0.25, -0.2) is 4.98 Å². The van der Waals surface area contributed by atoms with Gasteiger partial charge < -0.3 is 10.1 Å². The topological polar surface area (TPSA) is 72.5 Å². The fraction of sp³-hybridized carbons (Fsp3) is 0.586. The lowest BCUT2D eigenvalue weighted by Gasteiger charge is -2.44. The minimum Gasteiger partial charge on any atom is -0.395 e. The average molecular weight is 479 g/mol. The summed E-state index contributed by atoms with van der Waals surface area (Å²) in [5.74, 6) is 0.473. The molecule has 0 amide bonds. The van der Waals surface area contributed by atoms with Crippen molar-refractivity contribution < 1.29 is 9.90 Å². The normalized spacial score (nSPS) is 19.5. The van der Waals surface area contributed by atoms with E-state index in [9.17, 15) is 9.90 Å². The number of benzene rings is 1. The fourth-order valence-corrected chi connectivity index (χ4v) is 5.40. The zero-order valence-electron chi connectivity index (χ0n) is 22.2. The van der Waals surface area contributed by atoms with Crippen LogP contribution in [0.4, 0.5) is 0 Å². The predicted molar refractivity (Wildman–Crippen MR) is 142 cm³/mol. The molecule has 1 aromatic carbocycles. The van der Waals surface area contributed by atoms with Gasteiger partial charge in [0.25, 0.3) is 0 Å². The van der Waals surface area contributed by atoms with Crippen molar-refractivity contribution in [3.05, 3.63) is 58.7 Å². The molecule has 6 nitrogen and oxygen atoms in total. The van der Waals surface area contributed by atoms with Crippen LogP contribution in [-0.4, -0.2) is 70.0 Å². The molecule has 1 aromatic heterocycles. The number of rotatable bonds is 8. The number of aryl methyl sites for hydroxylation is 1. The highest BCUT2D eigenvalue weighted by Gasteiger charge is 2.32. The second kappa shape index (κ2) is 10.4. The molecule has 0 saturated carbocycles. The Morgan fingerprint density at radius 2 is 1.94 bits per heavy atom. The maximum atomic E-state index is 13.0. The first-order valence-electron chi connectivity index (χ1n) is 13.0. The van der Waals surface area contributed by atoms with Gasteiger partial charge in [-0.3, -0.25) is 14.6 Å². The molecule has 2 aromatic rings. The molecule has 2 aliphatic rings. The van der Waals surface area contributed by atoms with E-state index in [0.29, 0.717) is 17.7 Å². The third kappa shape index (κ3) is 5.93. The molecular formula is C29H42N4O2. The van der Waals surface area contributed by atoms with Gasteiger partial charge in [0.2, 0.25) is 5.78 Å². The summed E-state index contributed by atoms with van der Waals surface area (Å²) in [7, 11) is 0. The number of aromatic amines is 1. The number of hydrogen-bond donors (Lipinski definition) is 2. The summed E-state index contributed by atoms with van der Waals surface area (Å²) in [4.78, 5) is 25.3. The van der Waals surface area contributed by atoms with Crippen LogP contribution in [0.3, 0.4) is 0 Å². The van der Waals surface area contributed by atoms with E-state index in [4.69, 9.17) is 0 Å². The van der Waals surface area contributed by atoms with Crippen molar-refractivity contribution >= 4 is 11.4 Å². The predicted octanol–water partition coefficient (Wildman–Crippen LogP) is 4.58. The Morgan fingerprint density at radius 3 is 2.54 bits per heavy atom. The number of imidazole rings is 1. The number of nitrogens with zero attached hydrogens (tertiary/aromatic N) is 3. The number of hydrogen-bond acceptors (Lipinski definition) is 5. The van der Waals surface area contributed by atoms with Gasteiger partial charge >= 0.3 is 0 Å². The quantitative estimate of drug-likeness (QED) is 0.543. The van der Waals surface area contributed by atoms with Crippen molar-refractivity contribution in [3.63, 3.8) is 0 Å². The van der Waals surface area contributed by atoms with E-state index in [2.05, 4.69) is 71.7 Å². The molecule has 35 heavy (non-hydrogen) atoms. The Labute approximate surface area is 210 Å². The Morgan fingerprint density at radius 1 is 1.20 bits per heavy atom. The minimum absolute atomic E-state index is 0.0307. The Kier molecular flexibility index (Phi) is 7.65. The minimum atomic E-state index is -0.116. The zero-order chi connectivity index (χ0) is 25.2. The third-order valence-electron chi connectivity index (χ3n) is 8.03. The largest absolute Gasteiger partial charge is 0.395 e. The Balaban J connectivity index is 1.63. The molecule has 1 aliphatic carbocycles. The van der Waals surface area contributed by atoms with Crippen molar-refractivity contribution in [3.8, 4) is 0 Å². The number of aromatic nitrogens is 2. The number of allylic oxidation sites excluding steroid dienone is 2. The first-order chi connectivity index (χ1) is 16.6. The molecule has 6 heteroatoms. The van der Waals surface area contributed by atoms with E-state index in [0.717, 1.165) is 63.2 Å². The van der Waals surface area contributed by atoms with Gasteiger partial charge in [0, 0.05) is 56.6 Å². The zero-order valence-corrected chi connectivity index (χ0v) is 22.2. The van der Waals surface area contributed by atoms with Crippen LogP contribution in [0.15, 0.2) is 30.5 Å². The van der Waals surface area contributed by atoms with Crippen LogP contribution in [0, 0.1) is 12.3 Å². The van der Waals surface area contributed by atoms with Crippen molar-refractivity contribution in [2.45, 2.75) is 65.8 Å². The number of Topliss-reactive ketones (excluding diaryl/α,β-unsaturated/α-hetero) is 1.